The fourth-order valence-electron chi connectivity index (χ4n) is 2.94. The van der Waals surface area contributed by atoms with Crippen molar-refractivity contribution in [1.29, 1.82) is 0 Å². The van der Waals surface area contributed by atoms with E-state index in [-0.39, 0.29) is 12.0 Å². The van der Waals surface area contributed by atoms with Gasteiger partial charge in [-0.25, -0.2) is 0 Å². The predicted octanol–water partition coefficient (Wildman–Crippen LogP) is 2.99. The van der Waals surface area contributed by atoms with Crippen LogP contribution >= 0.6 is 11.8 Å². The summed E-state index contributed by atoms with van der Waals surface area (Å²) in [6.07, 6.45) is 2.27. The van der Waals surface area contributed by atoms with Crippen molar-refractivity contribution in [3.8, 4) is 11.4 Å². The average Bonchev–Trinajstić information content (AvgIpc) is 3.28. The number of carbonyl (C=O) groups excluding carboxylic acids is 1. The first kappa shape index (κ1) is 18.9. The molecule has 3 rings (SSSR count). The van der Waals surface area contributed by atoms with E-state index in [9.17, 15) is 4.79 Å². The van der Waals surface area contributed by atoms with Crippen molar-refractivity contribution in [3.63, 3.8) is 0 Å². The third-order valence-corrected chi connectivity index (χ3v) is 5.15. The van der Waals surface area contributed by atoms with Gasteiger partial charge in [-0.3, -0.25) is 4.79 Å². The van der Waals surface area contributed by atoms with Crippen LogP contribution in [-0.2, 0) is 16.1 Å². The second-order valence-electron chi connectivity index (χ2n) is 6.90. The smallest absolute Gasteiger partial charge is 0.230 e. The van der Waals surface area contributed by atoms with Crippen molar-refractivity contribution in [2.45, 2.75) is 44.5 Å². The Bertz CT molecular complexity index is 712. The van der Waals surface area contributed by atoms with Crippen LogP contribution in [-0.4, -0.2) is 45.7 Å². The van der Waals surface area contributed by atoms with Crippen molar-refractivity contribution in [2.75, 3.05) is 18.9 Å². The van der Waals surface area contributed by atoms with Crippen molar-refractivity contribution >= 4 is 17.7 Å². The molecule has 26 heavy (non-hydrogen) atoms. The van der Waals surface area contributed by atoms with E-state index in [2.05, 4.69) is 33.9 Å². The number of hydrogen-bond donors (Lipinski definition) is 1. The Morgan fingerprint density at radius 2 is 2.15 bits per heavy atom. The Hall–Kier alpha value is -1.86. The first-order valence-electron chi connectivity index (χ1n) is 9.13. The molecule has 0 radical (unpaired) electrons. The van der Waals surface area contributed by atoms with Crippen LogP contribution in [0.4, 0.5) is 0 Å². The normalized spacial score (nSPS) is 17.0. The van der Waals surface area contributed by atoms with E-state index < -0.39 is 0 Å². The molecule has 1 aliphatic heterocycles. The maximum atomic E-state index is 12.1. The summed E-state index contributed by atoms with van der Waals surface area (Å²) in [6.45, 7) is 6.54. The minimum atomic E-state index is 0.00542. The van der Waals surface area contributed by atoms with Crippen LogP contribution in [0.5, 0.6) is 0 Å². The van der Waals surface area contributed by atoms with Crippen molar-refractivity contribution < 1.29 is 9.53 Å². The summed E-state index contributed by atoms with van der Waals surface area (Å²) in [5, 5.41) is 12.4. The monoisotopic (exact) mass is 374 g/mol. The van der Waals surface area contributed by atoms with Crippen LogP contribution < -0.4 is 5.32 Å². The van der Waals surface area contributed by atoms with Gasteiger partial charge >= 0.3 is 0 Å². The summed E-state index contributed by atoms with van der Waals surface area (Å²) in [4.78, 5) is 12.1. The molecule has 0 unspecified atom stereocenters. The number of rotatable bonds is 8. The van der Waals surface area contributed by atoms with E-state index in [4.69, 9.17) is 4.74 Å². The maximum Gasteiger partial charge on any atom is 0.230 e. The van der Waals surface area contributed by atoms with E-state index in [1.54, 1.807) is 0 Å². The second-order valence-corrected chi connectivity index (χ2v) is 7.85. The molecular formula is C19H26N4O2S. The topological polar surface area (TPSA) is 69.0 Å². The lowest BCUT2D eigenvalue weighted by atomic mass is 10.2. The van der Waals surface area contributed by atoms with E-state index >= 15 is 0 Å². The zero-order valence-corrected chi connectivity index (χ0v) is 16.2. The lowest BCUT2D eigenvalue weighted by molar-refractivity contribution is -0.119. The SMILES string of the molecule is CC(C)Cn1c(SCC(=O)NC[C@H]2CCCO2)nnc1-c1ccccc1. The van der Waals surface area contributed by atoms with Gasteiger partial charge in [0.2, 0.25) is 5.91 Å². The van der Waals surface area contributed by atoms with Gasteiger partial charge < -0.3 is 14.6 Å². The number of nitrogens with zero attached hydrogens (tertiary/aromatic N) is 3. The van der Waals surface area contributed by atoms with E-state index in [0.29, 0.717) is 18.2 Å². The Labute approximate surface area is 158 Å². The van der Waals surface area contributed by atoms with Crippen LogP contribution in [0.25, 0.3) is 11.4 Å². The number of amides is 1. The molecule has 1 amide bonds. The molecule has 140 valence electrons. The van der Waals surface area contributed by atoms with Crippen molar-refractivity contribution in [3.05, 3.63) is 30.3 Å². The molecule has 1 fully saturated rings. The van der Waals surface area contributed by atoms with Crippen molar-refractivity contribution in [1.82, 2.24) is 20.1 Å². The van der Waals surface area contributed by atoms with Crippen LogP contribution in [0.3, 0.4) is 0 Å². The van der Waals surface area contributed by atoms with Gasteiger partial charge in [-0.1, -0.05) is 55.9 Å². The summed E-state index contributed by atoms with van der Waals surface area (Å²) in [6, 6.07) is 10.0. The zero-order chi connectivity index (χ0) is 18.4. The number of carbonyl (C=O) groups is 1. The molecule has 7 heteroatoms. The molecule has 1 saturated heterocycles. The second kappa shape index (κ2) is 9.19. The lowest BCUT2D eigenvalue weighted by Gasteiger charge is -2.13. The van der Waals surface area contributed by atoms with Gasteiger partial charge in [0, 0.05) is 25.3 Å². The lowest BCUT2D eigenvalue weighted by Crippen LogP contribution is -2.33. The molecule has 2 aromatic rings. The van der Waals surface area contributed by atoms with Crippen LogP contribution in [0, 0.1) is 5.92 Å². The van der Waals surface area contributed by atoms with E-state index in [0.717, 1.165) is 42.5 Å². The molecule has 0 saturated carbocycles. The highest BCUT2D eigenvalue weighted by atomic mass is 32.2. The Morgan fingerprint density at radius 3 is 2.85 bits per heavy atom. The highest BCUT2D eigenvalue weighted by molar-refractivity contribution is 7.99. The summed E-state index contributed by atoms with van der Waals surface area (Å²) < 4.78 is 7.64. The highest BCUT2D eigenvalue weighted by Gasteiger charge is 2.18. The van der Waals surface area contributed by atoms with Gasteiger partial charge in [0.15, 0.2) is 11.0 Å². The van der Waals surface area contributed by atoms with Gasteiger partial charge in [0.05, 0.1) is 11.9 Å². The van der Waals surface area contributed by atoms with Crippen LogP contribution in [0.2, 0.25) is 0 Å². The summed E-state index contributed by atoms with van der Waals surface area (Å²) >= 11 is 1.43. The molecular weight excluding hydrogens is 348 g/mol. The molecule has 0 aliphatic carbocycles. The maximum absolute atomic E-state index is 12.1. The first-order chi connectivity index (χ1) is 12.6. The fraction of sp³-hybridized carbons (Fsp3) is 0.526. The quantitative estimate of drug-likeness (QED) is 0.720. The molecule has 1 aromatic carbocycles. The molecule has 6 nitrogen and oxygen atoms in total. The minimum absolute atomic E-state index is 0.00542. The molecule has 0 spiro atoms. The molecule has 1 aromatic heterocycles. The van der Waals surface area contributed by atoms with Gasteiger partial charge in [-0.2, -0.15) is 0 Å². The van der Waals surface area contributed by atoms with Crippen LogP contribution in [0.15, 0.2) is 35.5 Å². The fourth-order valence-corrected chi connectivity index (χ4v) is 3.72. The Morgan fingerprint density at radius 1 is 1.35 bits per heavy atom. The first-order valence-corrected chi connectivity index (χ1v) is 10.1. The standard InChI is InChI=1S/C19H26N4O2S/c1-14(2)12-23-18(15-7-4-3-5-8-15)21-22-19(23)26-13-17(24)20-11-16-9-6-10-25-16/h3-5,7-8,14,16H,6,9-13H2,1-2H3,(H,20,24)/t16-/m1/s1. The summed E-state index contributed by atoms with van der Waals surface area (Å²) in [7, 11) is 0. The number of hydrogen-bond acceptors (Lipinski definition) is 5. The Kier molecular flexibility index (Phi) is 6.68. The number of aromatic nitrogens is 3. The average molecular weight is 375 g/mol. The van der Waals surface area contributed by atoms with Gasteiger partial charge in [-0.15, -0.1) is 10.2 Å². The number of benzene rings is 1. The molecule has 1 atom stereocenters. The van der Waals surface area contributed by atoms with Crippen molar-refractivity contribution in [2.24, 2.45) is 5.92 Å². The van der Waals surface area contributed by atoms with Crippen LogP contribution in [0.1, 0.15) is 26.7 Å². The van der Waals surface area contributed by atoms with Gasteiger partial charge in [0.1, 0.15) is 0 Å². The number of nitrogens with one attached hydrogen (secondary N) is 1. The third-order valence-electron chi connectivity index (χ3n) is 4.18. The minimum Gasteiger partial charge on any atom is -0.376 e. The summed E-state index contributed by atoms with van der Waals surface area (Å²) in [5.74, 6) is 1.64. The van der Waals surface area contributed by atoms with Gasteiger partial charge in [-0.05, 0) is 18.8 Å². The van der Waals surface area contributed by atoms with E-state index in [1.165, 1.54) is 11.8 Å². The third kappa shape index (κ3) is 5.08. The number of thioether (sulfide) groups is 1. The highest BCUT2D eigenvalue weighted by Crippen LogP contribution is 2.25. The molecule has 1 aliphatic rings. The van der Waals surface area contributed by atoms with Gasteiger partial charge in [0.25, 0.3) is 0 Å². The Balaban J connectivity index is 1.63. The molecule has 0 bridgehead atoms. The number of ether oxygens (including phenoxy) is 1. The van der Waals surface area contributed by atoms with E-state index in [1.807, 2.05) is 30.3 Å². The molecule has 2 heterocycles. The summed E-state index contributed by atoms with van der Waals surface area (Å²) in [5.41, 5.74) is 1.04. The zero-order valence-electron chi connectivity index (χ0n) is 15.4. The predicted molar refractivity (Wildman–Crippen MR) is 103 cm³/mol. The molecule has 1 N–H and O–H groups in total. The largest absolute Gasteiger partial charge is 0.376 e.